The lowest BCUT2D eigenvalue weighted by Crippen LogP contribution is -2.19. The summed E-state index contributed by atoms with van der Waals surface area (Å²) in [4.78, 5) is 15.6. The predicted octanol–water partition coefficient (Wildman–Crippen LogP) is 3.72. The average molecular weight is 305 g/mol. The van der Waals surface area contributed by atoms with E-state index in [1.165, 1.54) is 0 Å². The first-order chi connectivity index (χ1) is 11.1. The van der Waals surface area contributed by atoms with Crippen LogP contribution in [0.15, 0.2) is 54.7 Å². The Hall–Kier alpha value is -2.88. The van der Waals surface area contributed by atoms with Crippen molar-refractivity contribution in [3.8, 4) is 16.9 Å². The lowest BCUT2D eigenvalue weighted by molar-refractivity contribution is -0.140. The molecule has 1 saturated carbocycles. The number of benzene rings is 2. The number of nitrogens with zero attached hydrogens (tertiary/aromatic N) is 1. The van der Waals surface area contributed by atoms with E-state index in [1.54, 1.807) is 12.3 Å². The normalized spacial score (nSPS) is 15.5. The molecule has 0 aliphatic heterocycles. The monoisotopic (exact) mass is 305 g/mol. The number of hydrogen-bond acceptors (Lipinski definition) is 3. The molecule has 0 unspecified atom stereocenters. The highest BCUT2D eigenvalue weighted by Gasteiger charge is 2.51. The number of aromatic nitrogens is 1. The molecule has 0 amide bonds. The average Bonchev–Trinajstić information content (AvgIpc) is 3.38. The zero-order valence-corrected chi connectivity index (χ0v) is 12.4. The molecule has 2 N–H and O–H groups in total. The molecule has 4 rings (SSSR count). The highest BCUT2D eigenvalue weighted by molar-refractivity contribution is 5.97. The van der Waals surface area contributed by atoms with Crippen LogP contribution in [0.1, 0.15) is 18.4 Å². The Morgan fingerprint density at radius 2 is 1.78 bits per heavy atom. The summed E-state index contributed by atoms with van der Waals surface area (Å²) in [6, 6.07) is 14.9. The molecular weight excluding hydrogens is 290 g/mol. The number of phenols is 1. The zero-order chi connectivity index (χ0) is 16.0. The van der Waals surface area contributed by atoms with Crippen molar-refractivity contribution in [2.45, 2.75) is 18.3 Å². The van der Waals surface area contributed by atoms with Crippen LogP contribution in [0.4, 0.5) is 0 Å². The van der Waals surface area contributed by atoms with Crippen molar-refractivity contribution in [2.24, 2.45) is 0 Å². The van der Waals surface area contributed by atoms with Gasteiger partial charge in [-0.05, 0) is 47.7 Å². The van der Waals surface area contributed by atoms with Gasteiger partial charge in [0.2, 0.25) is 0 Å². The fraction of sp³-hybridized carbons (Fsp3) is 0.158. The number of hydrogen-bond donors (Lipinski definition) is 2. The summed E-state index contributed by atoms with van der Waals surface area (Å²) in [6.07, 6.45) is 3.06. The van der Waals surface area contributed by atoms with E-state index in [2.05, 4.69) is 4.98 Å². The van der Waals surface area contributed by atoms with Gasteiger partial charge in [0.25, 0.3) is 0 Å². The van der Waals surface area contributed by atoms with Gasteiger partial charge in [-0.15, -0.1) is 0 Å². The van der Waals surface area contributed by atoms with Crippen LogP contribution in [0.3, 0.4) is 0 Å². The second-order valence-electron chi connectivity index (χ2n) is 6.00. The van der Waals surface area contributed by atoms with Crippen LogP contribution >= 0.6 is 0 Å². The van der Waals surface area contributed by atoms with Gasteiger partial charge in [0, 0.05) is 11.6 Å². The summed E-state index contributed by atoms with van der Waals surface area (Å²) in [5.41, 5.74) is 2.69. The largest absolute Gasteiger partial charge is 0.506 e. The summed E-state index contributed by atoms with van der Waals surface area (Å²) in [5, 5.41) is 20.2. The summed E-state index contributed by atoms with van der Waals surface area (Å²) >= 11 is 0. The number of aromatic hydroxyl groups is 1. The number of pyridine rings is 1. The van der Waals surface area contributed by atoms with Crippen LogP contribution in [-0.4, -0.2) is 21.2 Å². The van der Waals surface area contributed by atoms with E-state index in [9.17, 15) is 15.0 Å². The standard InChI is InChI=1S/C19H15NO3/c21-16-8-7-14(15-2-1-11-20-17(15)16)12-3-5-13(6-4-12)19(9-10-19)18(22)23/h1-8,11,21H,9-10H2,(H,22,23). The van der Waals surface area contributed by atoms with E-state index < -0.39 is 11.4 Å². The van der Waals surface area contributed by atoms with Crippen molar-refractivity contribution in [2.75, 3.05) is 0 Å². The maximum Gasteiger partial charge on any atom is 0.314 e. The molecule has 0 bridgehead atoms. The van der Waals surface area contributed by atoms with E-state index >= 15 is 0 Å². The van der Waals surface area contributed by atoms with Gasteiger partial charge < -0.3 is 10.2 Å². The molecule has 3 aromatic rings. The molecule has 2 aromatic carbocycles. The van der Waals surface area contributed by atoms with Gasteiger partial charge in [0.05, 0.1) is 5.41 Å². The summed E-state index contributed by atoms with van der Waals surface area (Å²) in [5.74, 6) is -0.590. The van der Waals surface area contributed by atoms with E-state index in [0.717, 1.165) is 22.1 Å². The first-order valence-corrected chi connectivity index (χ1v) is 7.53. The Bertz CT molecular complexity index is 912. The lowest BCUT2D eigenvalue weighted by Gasteiger charge is -2.12. The smallest absolute Gasteiger partial charge is 0.314 e. The van der Waals surface area contributed by atoms with E-state index in [4.69, 9.17) is 0 Å². The van der Waals surface area contributed by atoms with Gasteiger partial charge >= 0.3 is 5.97 Å². The minimum absolute atomic E-state index is 0.156. The fourth-order valence-electron chi connectivity index (χ4n) is 3.13. The number of carboxylic acid groups (broad SMARTS) is 1. The molecule has 1 aliphatic carbocycles. The third-order valence-electron chi connectivity index (χ3n) is 4.66. The van der Waals surface area contributed by atoms with E-state index in [0.29, 0.717) is 18.4 Å². The van der Waals surface area contributed by atoms with Crippen molar-refractivity contribution in [1.82, 2.24) is 4.98 Å². The molecule has 0 spiro atoms. The van der Waals surface area contributed by atoms with Crippen LogP contribution < -0.4 is 0 Å². The number of rotatable bonds is 3. The number of phenolic OH excluding ortho intramolecular Hbond substituents is 1. The van der Waals surface area contributed by atoms with Crippen LogP contribution in [0.25, 0.3) is 22.0 Å². The molecule has 1 heterocycles. The van der Waals surface area contributed by atoms with Crippen molar-refractivity contribution < 1.29 is 15.0 Å². The molecule has 0 saturated heterocycles. The maximum atomic E-state index is 11.4. The topological polar surface area (TPSA) is 70.4 Å². The van der Waals surface area contributed by atoms with Crippen molar-refractivity contribution in [1.29, 1.82) is 0 Å². The Balaban J connectivity index is 1.81. The van der Waals surface area contributed by atoms with Gasteiger partial charge in [-0.3, -0.25) is 9.78 Å². The van der Waals surface area contributed by atoms with Gasteiger partial charge in [0.15, 0.2) is 0 Å². The van der Waals surface area contributed by atoms with E-state index in [1.807, 2.05) is 42.5 Å². The maximum absolute atomic E-state index is 11.4. The van der Waals surface area contributed by atoms with Crippen LogP contribution in [0, 0.1) is 0 Å². The predicted molar refractivity (Wildman–Crippen MR) is 87.4 cm³/mol. The van der Waals surface area contributed by atoms with Gasteiger partial charge in [-0.1, -0.05) is 30.3 Å². The summed E-state index contributed by atoms with van der Waals surface area (Å²) in [7, 11) is 0. The summed E-state index contributed by atoms with van der Waals surface area (Å²) in [6.45, 7) is 0. The first kappa shape index (κ1) is 13.8. The molecule has 4 heteroatoms. The van der Waals surface area contributed by atoms with Crippen LogP contribution in [-0.2, 0) is 10.2 Å². The second kappa shape index (κ2) is 4.81. The molecule has 1 aromatic heterocycles. The number of aliphatic carboxylic acids is 1. The zero-order valence-electron chi connectivity index (χ0n) is 12.4. The molecule has 114 valence electrons. The highest BCUT2D eigenvalue weighted by Crippen LogP contribution is 2.48. The SMILES string of the molecule is O=C(O)C1(c2ccc(-c3ccc(O)c4ncccc34)cc2)CC1. The number of carbonyl (C=O) groups is 1. The molecular formula is C19H15NO3. The molecule has 1 fully saturated rings. The Morgan fingerprint density at radius 1 is 1.04 bits per heavy atom. The first-order valence-electron chi connectivity index (χ1n) is 7.53. The van der Waals surface area contributed by atoms with Crippen LogP contribution in [0.2, 0.25) is 0 Å². The number of carboxylic acids is 1. The van der Waals surface area contributed by atoms with Gasteiger partial charge in [-0.2, -0.15) is 0 Å². The minimum atomic E-state index is -0.746. The molecule has 1 aliphatic rings. The molecule has 0 radical (unpaired) electrons. The van der Waals surface area contributed by atoms with Crippen LogP contribution in [0.5, 0.6) is 5.75 Å². The van der Waals surface area contributed by atoms with Gasteiger partial charge in [0.1, 0.15) is 11.3 Å². The third-order valence-corrected chi connectivity index (χ3v) is 4.66. The third kappa shape index (κ3) is 2.06. The van der Waals surface area contributed by atoms with Gasteiger partial charge in [-0.25, -0.2) is 0 Å². The number of fused-ring (bicyclic) bond motifs is 1. The van der Waals surface area contributed by atoms with Crippen molar-refractivity contribution >= 4 is 16.9 Å². The quantitative estimate of drug-likeness (QED) is 0.773. The van der Waals surface area contributed by atoms with E-state index in [-0.39, 0.29) is 5.75 Å². The fourth-order valence-corrected chi connectivity index (χ4v) is 3.13. The van der Waals surface area contributed by atoms with Crippen molar-refractivity contribution in [3.05, 3.63) is 60.3 Å². The summed E-state index contributed by atoms with van der Waals surface area (Å²) < 4.78 is 0. The Morgan fingerprint density at radius 3 is 2.43 bits per heavy atom. The minimum Gasteiger partial charge on any atom is -0.506 e. The lowest BCUT2D eigenvalue weighted by atomic mass is 9.93. The molecule has 23 heavy (non-hydrogen) atoms. The molecule has 0 atom stereocenters. The molecule has 4 nitrogen and oxygen atoms in total. The highest BCUT2D eigenvalue weighted by atomic mass is 16.4. The van der Waals surface area contributed by atoms with Crippen molar-refractivity contribution in [3.63, 3.8) is 0 Å². The Labute approximate surface area is 133 Å². The second-order valence-corrected chi connectivity index (χ2v) is 6.00. The Kier molecular flexibility index (Phi) is 2.88.